The van der Waals surface area contributed by atoms with E-state index in [1.807, 2.05) is 0 Å². The zero-order valence-electron chi connectivity index (χ0n) is 8.10. The Bertz CT molecular complexity index is 422. The predicted molar refractivity (Wildman–Crippen MR) is 54.8 cm³/mol. The average Bonchev–Trinajstić information content (AvgIpc) is 2.16. The highest BCUT2D eigenvalue weighted by atomic mass is 35.5. The summed E-state index contributed by atoms with van der Waals surface area (Å²) in [4.78, 5) is 20.2. The van der Waals surface area contributed by atoms with E-state index in [1.54, 1.807) is 0 Å². The molecule has 7 heteroatoms. The van der Waals surface area contributed by atoms with E-state index in [4.69, 9.17) is 11.6 Å². The second-order valence-corrected chi connectivity index (χ2v) is 3.44. The zero-order valence-corrected chi connectivity index (χ0v) is 8.86. The van der Waals surface area contributed by atoms with Gasteiger partial charge in [0.25, 0.3) is 5.69 Å². The molecule has 0 fully saturated rings. The molecule has 0 heterocycles. The maximum absolute atomic E-state index is 10.6. The van der Waals surface area contributed by atoms with Crippen LogP contribution < -0.4 is 10.4 Å². The fraction of sp³-hybridized carbons (Fsp3) is 0.222. The van der Waals surface area contributed by atoms with E-state index >= 15 is 0 Å². The Hall–Kier alpha value is -1.66. The molecule has 0 unspecified atom stereocenters. The van der Waals surface area contributed by atoms with Crippen molar-refractivity contribution in [3.8, 4) is 0 Å². The third-order valence-corrected chi connectivity index (χ3v) is 2.06. The van der Waals surface area contributed by atoms with Gasteiger partial charge in [-0.15, -0.1) is 0 Å². The number of benzene rings is 1. The second kappa shape index (κ2) is 5.43. The Kier molecular flexibility index (Phi) is 4.21. The fourth-order valence-corrected chi connectivity index (χ4v) is 1.37. The van der Waals surface area contributed by atoms with E-state index in [2.05, 4.69) is 5.32 Å². The van der Waals surface area contributed by atoms with Crippen molar-refractivity contribution in [2.75, 3.05) is 6.54 Å². The lowest BCUT2D eigenvalue weighted by Gasteiger charge is -2.06. The number of nitrogens with zero attached hydrogens (tertiary/aromatic N) is 1. The van der Waals surface area contributed by atoms with E-state index in [-0.39, 0.29) is 18.8 Å². The van der Waals surface area contributed by atoms with Gasteiger partial charge in [0.05, 0.1) is 10.9 Å². The molecule has 0 amide bonds. The lowest BCUT2D eigenvalue weighted by atomic mass is 10.2. The molecule has 0 radical (unpaired) electrons. The molecule has 0 aliphatic heterocycles. The number of halogens is 1. The molecule has 0 spiro atoms. The number of hydrogen-bond acceptors (Lipinski definition) is 5. The third-order valence-electron chi connectivity index (χ3n) is 1.82. The van der Waals surface area contributed by atoms with Crippen LogP contribution in [0.2, 0.25) is 5.02 Å². The van der Waals surface area contributed by atoms with Crippen LogP contribution in [0.3, 0.4) is 0 Å². The standard InChI is InChI=1S/C9H9ClN2O4/c10-7-1-2-8(12(15)16)6(3-7)4-11-5-9(13)14/h1-3,11H,4-5H2,(H,13,14)/p-1. The number of carboxylic acid groups (broad SMARTS) is 1. The van der Waals surface area contributed by atoms with Gasteiger partial charge in [-0.3, -0.25) is 10.1 Å². The smallest absolute Gasteiger partial charge is 0.273 e. The number of hydrogen-bond donors (Lipinski definition) is 1. The van der Waals surface area contributed by atoms with E-state index < -0.39 is 10.9 Å². The first kappa shape index (κ1) is 12.4. The molecule has 0 bridgehead atoms. The molecule has 16 heavy (non-hydrogen) atoms. The van der Waals surface area contributed by atoms with Crippen LogP contribution in [-0.4, -0.2) is 17.4 Å². The summed E-state index contributed by atoms with van der Waals surface area (Å²) in [6.07, 6.45) is 0. The highest BCUT2D eigenvalue weighted by Gasteiger charge is 2.12. The van der Waals surface area contributed by atoms with Crippen LogP contribution in [-0.2, 0) is 11.3 Å². The monoisotopic (exact) mass is 243 g/mol. The maximum Gasteiger partial charge on any atom is 0.273 e. The number of carboxylic acids is 1. The molecule has 1 N–H and O–H groups in total. The van der Waals surface area contributed by atoms with Crippen LogP contribution in [0.1, 0.15) is 5.56 Å². The van der Waals surface area contributed by atoms with Crippen LogP contribution in [0.5, 0.6) is 0 Å². The van der Waals surface area contributed by atoms with Crippen molar-refractivity contribution in [2.45, 2.75) is 6.54 Å². The summed E-state index contributed by atoms with van der Waals surface area (Å²) in [7, 11) is 0. The second-order valence-electron chi connectivity index (χ2n) is 3.01. The first-order valence-electron chi connectivity index (χ1n) is 4.34. The van der Waals surface area contributed by atoms with Gasteiger partial charge >= 0.3 is 0 Å². The van der Waals surface area contributed by atoms with Gasteiger partial charge in [-0.25, -0.2) is 0 Å². The minimum absolute atomic E-state index is 0.0465. The number of aliphatic carboxylic acids is 1. The van der Waals surface area contributed by atoms with Crippen molar-refractivity contribution in [1.82, 2.24) is 5.32 Å². The number of carbonyl (C=O) groups excluding carboxylic acids is 1. The summed E-state index contributed by atoms with van der Waals surface area (Å²) in [5.41, 5.74) is 0.231. The normalized spacial score (nSPS) is 10.1. The summed E-state index contributed by atoms with van der Waals surface area (Å²) < 4.78 is 0. The molecular weight excluding hydrogens is 236 g/mol. The van der Waals surface area contributed by atoms with Crippen LogP contribution >= 0.6 is 11.6 Å². The lowest BCUT2D eigenvalue weighted by Crippen LogP contribution is -2.34. The molecule has 0 aliphatic carbocycles. The molecule has 0 aliphatic rings. The summed E-state index contributed by atoms with van der Waals surface area (Å²) >= 11 is 5.68. The van der Waals surface area contributed by atoms with E-state index in [0.29, 0.717) is 10.6 Å². The molecule has 6 nitrogen and oxygen atoms in total. The summed E-state index contributed by atoms with van der Waals surface area (Å²) in [6, 6.07) is 4.10. The Labute approximate surface area is 96.0 Å². The molecule has 0 aromatic heterocycles. The first-order valence-corrected chi connectivity index (χ1v) is 4.72. The maximum atomic E-state index is 10.6. The number of carbonyl (C=O) groups is 1. The summed E-state index contributed by atoms with van der Waals surface area (Å²) in [6.45, 7) is -0.325. The Morgan fingerprint density at radius 1 is 1.50 bits per heavy atom. The van der Waals surface area contributed by atoms with E-state index in [0.717, 1.165) is 0 Å². The van der Waals surface area contributed by atoms with Crippen molar-refractivity contribution in [3.63, 3.8) is 0 Å². The van der Waals surface area contributed by atoms with Crippen molar-refractivity contribution < 1.29 is 14.8 Å². The number of nitro groups is 1. The molecule has 1 aromatic carbocycles. The van der Waals surface area contributed by atoms with Gasteiger partial charge in [-0.05, 0) is 12.1 Å². The van der Waals surface area contributed by atoms with Crippen molar-refractivity contribution in [2.24, 2.45) is 0 Å². The van der Waals surface area contributed by atoms with Crippen molar-refractivity contribution >= 4 is 23.3 Å². The predicted octanol–water partition coefficient (Wildman–Crippen LogP) is 0.0877. The SMILES string of the molecule is O=C([O-])CNCc1cc(Cl)ccc1[N+](=O)[O-]. The third kappa shape index (κ3) is 3.48. The molecular formula is C9H8ClN2O4-. The Morgan fingerprint density at radius 2 is 2.19 bits per heavy atom. The van der Waals surface area contributed by atoms with Crippen molar-refractivity contribution in [1.29, 1.82) is 0 Å². The molecule has 1 aromatic rings. The number of rotatable bonds is 5. The quantitative estimate of drug-likeness (QED) is 0.584. The summed E-state index contributed by atoms with van der Waals surface area (Å²) in [5, 5.41) is 23.6. The molecule has 0 atom stereocenters. The Morgan fingerprint density at radius 3 is 2.75 bits per heavy atom. The molecule has 86 valence electrons. The van der Waals surface area contributed by atoms with Gasteiger partial charge in [0.2, 0.25) is 0 Å². The summed E-state index contributed by atoms with van der Waals surface area (Å²) in [5.74, 6) is -1.27. The van der Waals surface area contributed by atoms with Gasteiger partial charge in [0.1, 0.15) is 0 Å². The van der Waals surface area contributed by atoms with Gasteiger partial charge in [-0.1, -0.05) is 11.6 Å². The fourth-order valence-electron chi connectivity index (χ4n) is 1.17. The van der Waals surface area contributed by atoms with Crippen LogP contribution in [0.4, 0.5) is 5.69 Å². The number of nitro benzene ring substituents is 1. The van der Waals surface area contributed by atoms with Crippen LogP contribution in [0.15, 0.2) is 18.2 Å². The zero-order chi connectivity index (χ0) is 12.1. The van der Waals surface area contributed by atoms with Crippen LogP contribution in [0, 0.1) is 10.1 Å². The lowest BCUT2D eigenvalue weighted by molar-refractivity contribution is -0.385. The number of nitrogens with one attached hydrogen (secondary N) is 1. The Balaban J connectivity index is 2.80. The molecule has 0 saturated heterocycles. The minimum atomic E-state index is -1.27. The van der Waals surface area contributed by atoms with Crippen LogP contribution in [0.25, 0.3) is 0 Å². The average molecular weight is 244 g/mol. The first-order chi connectivity index (χ1) is 7.50. The van der Waals surface area contributed by atoms with Gasteiger partial charge < -0.3 is 15.2 Å². The highest BCUT2D eigenvalue weighted by molar-refractivity contribution is 6.30. The highest BCUT2D eigenvalue weighted by Crippen LogP contribution is 2.22. The van der Waals surface area contributed by atoms with E-state index in [9.17, 15) is 20.0 Å². The molecule has 0 saturated carbocycles. The van der Waals surface area contributed by atoms with E-state index in [1.165, 1.54) is 18.2 Å². The van der Waals surface area contributed by atoms with Gasteiger partial charge in [-0.2, -0.15) is 0 Å². The minimum Gasteiger partial charge on any atom is -0.549 e. The van der Waals surface area contributed by atoms with Crippen molar-refractivity contribution in [3.05, 3.63) is 38.9 Å². The largest absolute Gasteiger partial charge is 0.549 e. The molecule has 1 rings (SSSR count). The van der Waals surface area contributed by atoms with Gasteiger partial charge in [0, 0.05) is 29.7 Å². The van der Waals surface area contributed by atoms with Gasteiger partial charge in [0.15, 0.2) is 0 Å². The topological polar surface area (TPSA) is 95.3 Å².